The van der Waals surface area contributed by atoms with Crippen molar-refractivity contribution in [2.24, 2.45) is 0 Å². The standard InChI is InChI=1S/C43H45FN2O4.C42H45FN2O5.2CH4/c1-4-26-48-38-28-37(49-29-31-14-8-5-9-15-31)27-36(50-38)24-25-46-41(30(2)3)40(43(47)45-35-18-12-7-13-19-35)39(32-16-10-6-11-17-32)42(46)33-20-22-34(44)23-21-33;1-5-28-16-21-35(36(24-28)48-4)50-37-26-33(46)25-34(49-37)22-23-45-40(27(2)3)39(42(47)44-32-14-10-7-11-15-32)38(29-12-8-6-9-13-29)41(45)30-17-19-31(43)20-18-30;;/h4-23,30,36-38H,1,24-29H2,2-3H3,(H,45,47);6-21,24,27,33-34,37,46H,5,22-23,25-26H2,1-4H3,(H,44,47);2*1H4/t36-,37-,38?;33-,34-,37?;;/m11../s1. The maximum atomic E-state index is 14.4. The van der Waals surface area contributed by atoms with E-state index in [4.69, 9.17) is 28.4 Å². The second-order valence-electron chi connectivity index (χ2n) is 26.0. The van der Waals surface area contributed by atoms with Crippen LogP contribution in [0.5, 0.6) is 11.5 Å². The predicted molar refractivity (Wildman–Crippen MR) is 406 cm³/mol. The first-order valence-corrected chi connectivity index (χ1v) is 34.7. The number of aromatic nitrogens is 2. The van der Waals surface area contributed by atoms with Crippen molar-refractivity contribution in [2.75, 3.05) is 24.4 Å². The van der Waals surface area contributed by atoms with Crippen molar-refractivity contribution in [3.63, 3.8) is 0 Å². The van der Waals surface area contributed by atoms with Gasteiger partial charge in [0.1, 0.15) is 11.6 Å². The monoisotopic (exact) mass is 1380 g/mol. The van der Waals surface area contributed by atoms with Crippen LogP contribution in [0.4, 0.5) is 20.2 Å². The lowest BCUT2D eigenvalue weighted by Crippen LogP contribution is -2.39. The third kappa shape index (κ3) is 19.1. The first kappa shape index (κ1) is 76.4. The SMILES string of the molecule is C.C.C=CCOC1C[C@H](OCc2ccccc2)C[C@@H](CCn2c(-c3ccc(F)cc3)c(-c3ccccc3)c(C(=O)Nc3ccccc3)c2C(C)C)O1.CCc1ccc(OC2C[C@H](O)C[C@@H](CCn3c(-c4ccc(F)cc4)c(-c4ccccc4)c(C(=O)Nc4ccccc4)c3C(C)C)O2)c(OC)c1. The molecular formula is C87H98F2N4O9. The number of nitrogens with one attached hydrogen (secondary N) is 2. The van der Waals surface area contributed by atoms with Crippen molar-refractivity contribution in [3.8, 4) is 56.3 Å². The molecule has 2 aliphatic rings. The van der Waals surface area contributed by atoms with Crippen LogP contribution < -0.4 is 20.1 Å². The molecule has 0 saturated carbocycles. The van der Waals surface area contributed by atoms with Crippen LogP contribution >= 0.6 is 0 Å². The normalized spacial score (nSPS) is 17.1. The van der Waals surface area contributed by atoms with E-state index in [9.17, 15) is 23.5 Å². The van der Waals surface area contributed by atoms with Gasteiger partial charge in [0, 0.05) is 66.2 Å². The second kappa shape index (κ2) is 36.7. The van der Waals surface area contributed by atoms with Crippen LogP contribution in [0.1, 0.15) is 143 Å². The maximum absolute atomic E-state index is 14.4. The summed E-state index contributed by atoms with van der Waals surface area (Å²) >= 11 is 0. The van der Waals surface area contributed by atoms with E-state index in [1.807, 2.05) is 158 Å². The Morgan fingerprint density at radius 1 is 0.549 bits per heavy atom. The Labute approximate surface area is 601 Å². The van der Waals surface area contributed by atoms with Gasteiger partial charge in [-0.1, -0.05) is 189 Å². The highest BCUT2D eigenvalue weighted by Gasteiger charge is 2.37. The van der Waals surface area contributed by atoms with E-state index in [2.05, 4.69) is 73.1 Å². The highest BCUT2D eigenvalue weighted by Crippen LogP contribution is 2.46. The van der Waals surface area contributed by atoms with Crippen molar-refractivity contribution in [3.05, 3.63) is 276 Å². The molecule has 0 radical (unpaired) electrons. The van der Waals surface area contributed by atoms with Crippen LogP contribution in [0.3, 0.4) is 0 Å². The number of hydrogen-bond donors (Lipinski definition) is 3. The van der Waals surface area contributed by atoms with Crippen LogP contribution in [0.25, 0.3) is 44.8 Å². The van der Waals surface area contributed by atoms with E-state index in [0.29, 0.717) is 98.8 Å². The van der Waals surface area contributed by atoms with Gasteiger partial charge in [-0.25, -0.2) is 8.78 Å². The minimum absolute atomic E-state index is 0. The Bertz CT molecular complexity index is 4280. The molecule has 4 heterocycles. The molecule has 2 fully saturated rings. The summed E-state index contributed by atoms with van der Waals surface area (Å²) in [6.45, 7) is 16.2. The highest BCUT2D eigenvalue weighted by molar-refractivity contribution is 6.13. The number of amides is 2. The molecule has 2 aliphatic heterocycles. The number of methoxy groups -OCH3 is 1. The number of nitrogens with zero attached hydrogens (tertiary/aromatic N) is 2. The van der Waals surface area contributed by atoms with Crippen LogP contribution in [-0.2, 0) is 45.1 Å². The molecule has 13 nitrogen and oxygen atoms in total. The number of carbonyl (C=O) groups excluding carboxylic acids is 2. The molecule has 2 aromatic heterocycles. The number of rotatable bonds is 26. The van der Waals surface area contributed by atoms with E-state index in [0.717, 1.165) is 73.7 Å². The summed E-state index contributed by atoms with van der Waals surface area (Å²) < 4.78 is 70.3. The predicted octanol–water partition coefficient (Wildman–Crippen LogP) is 20.5. The van der Waals surface area contributed by atoms with Gasteiger partial charge in [-0.2, -0.15) is 0 Å². The van der Waals surface area contributed by atoms with Crippen molar-refractivity contribution in [1.29, 1.82) is 0 Å². The summed E-state index contributed by atoms with van der Waals surface area (Å²) in [5.41, 5.74) is 13.3. The fraction of sp³-hybridized carbons (Fsp3) is 0.310. The molecule has 2 unspecified atom stereocenters. The molecule has 0 bridgehead atoms. The molecule has 0 spiro atoms. The Morgan fingerprint density at radius 3 is 1.45 bits per heavy atom. The topological polar surface area (TPSA) is 144 Å². The molecule has 15 heteroatoms. The molecule has 2 amide bonds. The third-order valence-electron chi connectivity index (χ3n) is 18.2. The number of carbonyl (C=O) groups is 2. The summed E-state index contributed by atoms with van der Waals surface area (Å²) in [5, 5.41) is 17.2. The zero-order valence-corrected chi connectivity index (χ0v) is 57.8. The van der Waals surface area contributed by atoms with E-state index in [1.165, 1.54) is 24.3 Å². The third-order valence-corrected chi connectivity index (χ3v) is 18.2. The Balaban J connectivity index is 0.000000233. The average Bonchev–Trinajstić information content (AvgIpc) is 1.59. The second-order valence-corrected chi connectivity index (χ2v) is 26.0. The molecule has 534 valence electrons. The highest BCUT2D eigenvalue weighted by atomic mass is 19.1. The number of hydrogen-bond acceptors (Lipinski definition) is 9. The van der Waals surface area contributed by atoms with Crippen molar-refractivity contribution in [1.82, 2.24) is 9.13 Å². The van der Waals surface area contributed by atoms with E-state index in [1.54, 1.807) is 37.5 Å². The quantitative estimate of drug-likeness (QED) is 0.0452. The van der Waals surface area contributed by atoms with Gasteiger partial charge < -0.3 is 53.3 Å². The molecule has 3 N–H and O–H groups in total. The fourth-order valence-electron chi connectivity index (χ4n) is 13.7. The molecule has 2 saturated heterocycles. The fourth-order valence-corrected chi connectivity index (χ4v) is 13.7. The van der Waals surface area contributed by atoms with Gasteiger partial charge in [-0.3, -0.25) is 9.59 Å². The lowest BCUT2D eigenvalue weighted by Gasteiger charge is -2.35. The van der Waals surface area contributed by atoms with Gasteiger partial charge in [0.15, 0.2) is 17.8 Å². The molecule has 102 heavy (non-hydrogen) atoms. The Hall–Kier alpha value is -9.74. The van der Waals surface area contributed by atoms with E-state index in [-0.39, 0.29) is 68.4 Å². The molecular weight excluding hydrogens is 1280 g/mol. The summed E-state index contributed by atoms with van der Waals surface area (Å²) in [6.07, 6.45) is 3.65. The first-order chi connectivity index (χ1) is 48.7. The smallest absolute Gasteiger partial charge is 0.258 e. The Morgan fingerprint density at radius 2 is 1.00 bits per heavy atom. The number of ether oxygens (including phenoxy) is 6. The molecule has 8 aromatic carbocycles. The summed E-state index contributed by atoms with van der Waals surface area (Å²) in [4.78, 5) is 28.8. The molecule has 10 aromatic rings. The lowest BCUT2D eigenvalue weighted by atomic mass is 9.94. The zero-order chi connectivity index (χ0) is 70.1. The van der Waals surface area contributed by atoms with Crippen molar-refractivity contribution in [2.45, 2.75) is 163 Å². The summed E-state index contributed by atoms with van der Waals surface area (Å²) in [6, 6.07) is 67.7. The number of aliphatic hydroxyl groups excluding tert-OH is 1. The summed E-state index contributed by atoms with van der Waals surface area (Å²) in [5.74, 6) is 0.0609. The van der Waals surface area contributed by atoms with Gasteiger partial charge in [-0.05, 0) is 156 Å². The number of para-hydroxylation sites is 2. The number of anilines is 2. The van der Waals surface area contributed by atoms with Gasteiger partial charge >= 0.3 is 0 Å². The number of aliphatic hydroxyl groups is 1. The summed E-state index contributed by atoms with van der Waals surface area (Å²) in [7, 11) is 1.61. The van der Waals surface area contributed by atoms with Crippen LogP contribution in [0.15, 0.2) is 231 Å². The van der Waals surface area contributed by atoms with Crippen molar-refractivity contribution >= 4 is 23.2 Å². The largest absolute Gasteiger partial charge is 0.493 e. The van der Waals surface area contributed by atoms with E-state index < -0.39 is 18.7 Å². The van der Waals surface area contributed by atoms with Gasteiger partial charge in [0.05, 0.1) is 67.3 Å². The maximum Gasteiger partial charge on any atom is 0.258 e. The van der Waals surface area contributed by atoms with Gasteiger partial charge in [0.25, 0.3) is 11.8 Å². The molecule has 12 rings (SSSR count). The minimum Gasteiger partial charge on any atom is -0.493 e. The Kier molecular flexibility index (Phi) is 27.5. The van der Waals surface area contributed by atoms with Crippen LogP contribution in [0.2, 0.25) is 0 Å². The molecule has 0 aliphatic carbocycles. The molecule has 6 atom stereocenters. The van der Waals surface area contributed by atoms with Crippen LogP contribution in [0, 0.1) is 11.6 Å². The van der Waals surface area contributed by atoms with Gasteiger partial charge in [-0.15, -0.1) is 6.58 Å². The van der Waals surface area contributed by atoms with E-state index >= 15 is 0 Å². The number of halogens is 2. The van der Waals surface area contributed by atoms with Crippen molar-refractivity contribution < 1.29 is 51.9 Å². The number of benzene rings is 8. The minimum atomic E-state index is -0.664. The van der Waals surface area contributed by atoms with Gasteiger partial charge in [0.2, 0.25) is 6.29 Å². The first-order valence-electron chi connectivity index (χ1n) is 34.7. The number of aryl methyl sites for hydroxylation is 1. The average molecular weight is 1380 g/mol. The zero-order valence-electron chi connectivity index (χ0n) is 57.8. The van der Waals surface area contributed by atoms with Crippen LogP contribution in [-0.4, -0.2) is 76.8 Å². The lowest BCUT2D eigenvalue weighted by molar-refractivity contribution is -0.220.